The van der Waals surface area contributed by atoms with Crippen LogP contribution < -0.4 is 5.32 Å². The lowest BCUT2D eigenvalue weighted by Crippen LogP contribution is -2.63. The summed E-state index contributed by atoms with van der Waals surface area (Å²) in [4.78, 5) is 8.54. The monoisotopic (exact) mass is 306 g/mol. The van der Waals surface area contributed by atoms with Crippen molar-refractivity contribution in [3.8, 4) is 0 Å². The Morgan fingerprint density at radius 1 is 1.38 bits per heavy atom. The Bertz CT molecular complexity index is 555. The van der Waals surface area contributed by atoms with Gasteiger partial charge in [-0.25, -0.2) is 4.98 Å². The molecule has 2 aromatic rings. The highest BCUT2D eigenvalue weighted by molar-refractivity contribution is 7.15. The van der Waals surface area contributed by atoms with Crippen molar-refractivity contribution >= 4 is 16.3 Å². The van der Waals surface area contributed by atoms with E-state index in [1.165, 1.54) is 25.0 Å². The fourth-order valence-corrected chi connectivity index (χ4v) is 4.19. The molecule has 1 fully saturated rings. The van der Waals surface area contributed by atoms with Crippen molar-refractivity contribution < 1.29 is 0 Å². The Morgan fingerprint density at radius 3 is 2.86 bits per heavy atom. The molecule has 3 rings (SSSR count). The fourth-order valence-electron chi connectivity index (χ4n) is 3.47. The third-order valence-electron chi connectivity index (χ3n) is 5.14. The number of hydrogen-bond acceptors (Lipinski definition) is 4. The van der Waals surface area contributed by atoms with E-state index >= 15 is 0 Å². The van der Waals surface area contributed by atoms with Crippen LogP contribution in [0.2, 0.25) is 0 Å². The molecule has 1 atom stereocenters. The molecule has 116 valence electrons. The lowest BCUT2D eigenvalue weighted by atomic mass is 9.86. The number of piperazine rings is 1. The summed E-state index contributed by atoms with van der Waals surface area (Å²) in [5.41, 5.74) is 1.48. The van der Waals surface area contributed by atoms with Crippen LogP contribution in [0.15, 0.2) is 17.8 Å². The van der Waals surface area contributed by atoms with Gasteiger partial charge in [0.05, 0.1) is 5.69 Å². The first-order valence-corrected chi connectivity index (χ1v) is 8.98. The van der Waals surface area contributed by atoms with Gasteiger partial charge in [0.2, 0.25) is 0 Å². The van der Waals surface area contributed by atoms with Gasteiger partial charge in [0.15, 0.2) is 4.96 Å². The molecule has 4 nitrogen and oxygen atoms in total. The van der Waals surface area contributed by atoms with Crippen LogP contribution in [-0.2, 0) is 6.54 Å². The topological polar surface area (TPSA) is 32.6 Å². The van der Waals surface area contributed by atoms with Crippen molar-refractivity contribution in [2.45, 2.75) is 58.2 Å². The van der Waals surface area contributed by atoms with Crippen LogP contribution in [0.5, 0.6) is 0 Å². The molecule has 1 saturated heterocycles. The van der Waals surface area contributed by atoms with Gasteiger partial charge < -0.3 is 5.32 Å². The molecule has 5 heteroatoms. The lowest BCUT2D eigenvalue weighted by Gasteiger charge is -2.49. The zero-order valence-corrected chi connectivity index (χ0v) is 14.1. The van der Waals surface area contributed by atoms with E-state index in [2.05, 4.69) is 53.2 Å². The van der Waals surface area contributed by atoms with Crippen LogP contribution >= 0.6 is 11.3 Å². The maximum atomic E-state index is 4.77. The number of imidazole rings is 1. The van der Waals surface area contributed by atoms with E-state index in [9.17, 15) is 0 Å². The first-order chi connectivity index (χ1) is 10.2. The predicted molar refractivity (Wildman–Crippen MR) is 88.9 cm³/mol. The van der Waals surface area contributed by atoms with Crippen LogP contribution in [0.3, 0.4) is 0 Å². The summed E-state index contributed by atoms with van der Waals surface area (Å²) in [6, 6.07) is 0.611. The number of hydrogen-bond donors (Lipinski definition) is 1. The average Bonchev–Trinajstić information content (AvgIpc) is 3.08. The molecule has 0 aliphatic carbocycles. The molecule has 1 aliphatic heterocycles. The van der Waals surface area contributed by atoms with Gasteiger partial charge in [0.1, 0.15) is 0 Å². The molecule has 0 bridgehead atoms. The van der Waals surface area contributed by atoms with Crippen LogP contribution in [0.1, 0.15) is 45.7 Å². The molecule has 1 unspecified atom stereocenters. The molecular weight excluding hydrogens is 280 g/mol. The van der Waals surface area contributed by atoms with Gasteiger partial charge in [-0.15, -0.1) is 11.3 Å². The summed E-state index contributed by atoms with van der Waals surface area (Å²) in [6.07, 6.45) is 7.85. The molecule has 21 heavy (non-hydrogen) atoms. The minimum Gasteiger partial charge on any atom is -0.311 e. The molecule has 0 saturated carbocycles. The van der Waals surface area contributed by atoms with Gasteiger partial charge in [-0.1, -0.05) is 20.8 Å². The normalized spacial score (nSPS) is 22.9. The number of rotatable bonds is 5. The van der Waals surface area contributed by atoms with E-state index in [0.29, 0.717) is 6.04 Å². The highest BCUT2D eigenvalue weighted by Gasteiger charge is 2.38. The average molecular weight is 306 g/mol. The van der Waals surface area contributed by atoms with Crippen LogP contribution in [0, 0.1) is 0 Å². The van der Waals surface area contributed by atoms with Gasteiger partial charge in [-0.3, -0.25) is 9.30 Å². The minimum absolute atomic E-state index is 0.280. The standard InChI is InChI=1S/C16H26N4S/c1-4-13-10-20(16(5-2,6-3)12-17-13)11-14-9-19-7-8-21-15(19)18-14/h7-9,13,17H,4-6,10-12H2,1-3H3. The van der Waals surface area contributed by atoms with Gasteiger partial charge in [-0.05, 0) is 19.3 Å². The summed E-state index contributed by atoms with van der Waals surface area (Å²) < 4.78 is 2.14. The van der Waals surface area contributed by atoms with Crippen LogP contribution in [0.25, 0.3) is 4.96 Å². The Balaban J connectivity index is 1.82. The second kappa shape index (κ2) is 6.07. The quantitative estimate of drug-likeness (QED) is 0.921. The SMILES string of the molecule is CCC1CN(Cc2cn3ccsc3n2)C(CC)(CC)CN1. The molecule has 2 aromatic heterocycles. The van der Waals surface area contributed by atoms with Crippen LogP contribution in [0.4, 0.5) is 0 Å². The highest BCUT2D eigenvalue weighted by atomic mass is 32.1. The van der Waals surface area contributed by atoms with Crippen molar-refractivity contribution in [1.29, 1.82) is 0 Å². The Kier molecular flexibility index (Phi) is 4.33. The zero-order chi connectivity index (χ0) is 14.9. The van der Waals surface area contributed by atoms with Gasteiger partial charge in [0, 0.05) is 49.0 Å². The number of fused-ring (bicyclic) bond motifs is 1. The summed E-state index contributed by atoms with van der Waals surface area (Å²) in [6.45, 7) is 10.1. The minimum atomic E-state index is 0.280. The number of thiazole rings is 1. The molecular formula is C16H26N4S. The van der Waals surface area contributed by atoms with E-state index in [1.54, 1.807) is 11.3 Å². The lowest BCUT2D eigenvalue weighted by molar-refractivity contribution is 0.0229. The van der Waals surface area contributed by atoms with Crippen molar-refractivity contribution in [2.24, 2.45) is 0 Å². The van der Waals surface area contributed by atoms with E-state index in [4.69, 9.17) is 4.98 Å². The summed E-state index contributed by atoms with van der Waals surface area (Å²) in [5, 5.41) is 5.82. The first kappa shape index (κ1) is 15.0. The smallest absolute Gasteiger partial charge is 0.193 e. The van der Waals surface area contributed by atoms with E-state index in [-0.39, 0.29) is 5.54 Å². The van der Waals surface area contributed by atoms with E-state index in [0.717, 1.165) is 24.6 Å². The number of aromatic nitrogens is 2. The van der Waals surface area contributed by atoms with Gasteiger partial charge >= 0.3 is 0 Å². The molecule has 3 heterocycles. The maximum absolute atomic E-state index is 4.77. The first-order valence-electron chi connectivity index (χ1n) is 8.10. The number of nitrogens with zero attached hydrogens (tertiary/aromatic N) is 3. The van der Waals surface area contributed by atoms with Crippen molar-refractivity contribution in [2.75, 3.05) is 13.1 Å². The number of nitrogens with one attached hydrogen (secondary N) is 1. The van der Waals surface area contributed by atoms with Crippen LogP contribution in [-0.4, -0.2) is 39.0 Å². The van der Waals surface area contributed by atoms with Gasteiger partial charge in [0.25, 0.3) is 0 Å². The Morgan fingerprint density at radius 2 is 2.19 bits per heavy atom. The summed E-state index contributed by atoms with van der Waals surface area (Å²) >= 11 is 1.71. The molecule has 0 aromatic carbocycles. The van der Waals surface area contributed by atoms with Gasteiger partial charge in [-0.2, -0.15) is 0 Å². The molecule has 0 spiro atoms. The van der Waals surface area contributed by atoms with Crippen molar-refractivity contribution in [3.05, 3.63) is 23.5 Å². The summed E-state index contributed by atoms with van der Waals surface area (Å²) in [7, 11) is 0. The second-order valence-corrected chi connectivity index (χ2v) is 7.00. The Hall–Kier alpha value is -0.910. The van der Waals surface area contributed by atoms with Crippen molar-refractivity contribution in [3.63, 3.8) is 0 Å². The largest absolute Gasteiger partial charge is 0.311 e. The second-order valence-electron chi connectivity index (χ2n) is 6.12. The summed E-state index contributed by atoms with van der Waals surface area (Å²) in [5.74, 6) is 0. The third kappa shape index (κ3) is 2.74. The fraction of sp³-hybridized carbons (Fsp3) is 0.688. The van der Waals surface area contributed by atoms with Crippen molar-refractivity contribution in [1.82, 2.24) is 19.6 Å². The molecule has 1 aliphatic rings. The molecule has 0 radical (unpaired) electrons. The predicted octanol–water partition coefficient (Wildman–Crippen LogP) is 3.14. The third-order valence-corrected chi connectivity index (χ3v) is 5.91. The Labute approximate surface area is 131 Å². The maximum Gasteiger partial charge on any atom is 0.193 e. The van der Waals surface area contributed by atoms with E-state index < -0.39 is 0 Å². The highest BCUT2D eigenvalue weighted by Crippen LogP contribution is 2.29. The zero-order valence-electron chi connectivity index (χ0n) is 13.3. The molecule has 1 N–H and O–H groups in total. The molecule has 0 amide bonds. The van der Waals surface area contributed by atoms with E-state index in [1.807, 2.05) is 0 Å².